The van der Waals surface area contributed by atoms with Crippen LogP contribution < -0.4 is 15.5 Å². The molecule has 0 fully saturated rings. The molecule has 1 aliphatic heterocycles. The van der Waals surface area contributed by atoms with Crippen molar-refractivity contribution in [3.8, 4) is 0 Å². The Hall–Kier alpha value is -2.17. The summed E-state index contributed by atoms with van der Waals surface area (Å²) in [5.74, 6) is 1.38. The van der Waals surface area contributed by atoms with Crippen LogP contribution in [0.1, 0.15) is 17.8 Å². The highest BCUT2D eigenvalue weighted by molar-refractivity contribution is 14.0. The van der Waals surface area contributed by atoms with Gasteiger partial charge in [-0.3, -0.25) is 14.5 Å². The third-order valence-corrected chi connectivity index (χ3v) is 4.26. The normalized spacial score (nSPS) is 13.6. The van der Waals surface area contributed by atoms with E-state index in [1.54, 1.807) is 11.7 Å². The molecule has 140 valence electrons. The number of carbonyl (C=O) groups is 1. The summed E-state index contributed by atoms with van der Waals surface area (Å²) in [6.07, 6.45) is 3.51. The van der Waals surface area contributed by atoms with Crippen LogP contribution in [0.3, 0.4) is 0 Å². The van der Waals surface area contributed by atoms with E-state index in [1.807, 2.05) is 30.1 Å². The van der Waals surface area contributed by atoms with Gasteiger partial charge in [-0.1, -0.05) is 18.2 Å². The third kappa shape index (κ3) is 4.71. The van der Waals surface area contributed by atoms with Gasteiger partial charge in [0.15, 0.2) is 5.96 Å². The lowest BCUT2D eigenvalue weighted by Gasteiger charge is -2.29. The fraction of sp³-hybridized carbons (Fsp3) is 0.412. The van der Waals surface area contributed by atoms with Crippen LogP contribution in [0.4, 0.5) is 5.69 Å². The van der Waals surface area contributed by atoms with Gasteiger partial charge >= 0.3 is 0 Å². The predicted molar refractivity (Wildman–Crippen MR) is 112 cm³/mol. The molecular weight excluding hydrogens is 445 g/mol. The zero-order chi connectivity index (χ0) is 17.6. The molecule has 1 aromatic heterocycles. The minimum Gasteiger partial charge on any atom is -0.349 e. The standard InChI is InChI=1S/C17H23N7O.HI/c1-18-17(19-10-15-21-12-22-23(15)2)20-11-16(25)24-9-5-7-13-6-3-4-8-14(13)24;/h3-4,6,8,12H,5,7,9-11H2,1-2H3,(H2,18,19,20);1H. The first-order valence-electron chi connectivity index (χ1n) is 8.34. The van der Waals surface area contributed by atoms with Crippen molar-refractivity contribution in [3.05, 3.63) is 42.0 Å². The maximum Gasteiger partial charge on any atom is 0.246 e. The monoisotopic (exact) mass is 469 g/mol. The first-order chi connectivity index (χ1) is 12.2. The van der Waals surface area contributed by atoms with Gasteiger partial charge in [-0.15, -0.1) is 24.0 Å². The molecule has 0 bridgehead atoms. The van der Waals surface area contributed by atoms with Crippen molar-refractivity contribution in [2.24, 2.45) is 12.0 Å². The van der Waals surface area contributed by atoms with E-state index in [-0.39, 0.29) is 36.4 Å². The van der Waals surface area contributed by atoms with Gasteiger partial charge in [-0.2, -0.15) is 5.10 Å². The fourth-order valence-corrected chi connectivity index (χ4v) is 2.91. The summed E-state index contributed by atoms with van der Waals surface area (Å²) in [4.78, 5) is 22.8. The Labute approximate surface area is 170 Å². The lowest BCUT2D eigenvalue weighted by Crippen LogP contribution is -2.46. The van der Waals surface area contributed by atoms with Gasteiger partial charge in [0.1, 0.15) is 12.2 Å². The number of hydrogen-bond acceptors (Lipinski definition) is 4. The maximum atomic E-state index is 12.6. The van der Waals surface area contributed by atoms with Crippen molar-refractivity contribution in [2.45, 2.75) is 19.4 Å². The molecule has 0 spiro atoms. The number of hydrogen-bond donors (Lipinski definition) is 2. The van der Waals surface area contributed by atoms with E-state index in [9.17, 15) is 4.79 Å². The molecule has 0 saturated carbocycles. The summed E-state index contributed by atoms with van der Waals surface area (Å²) in [7, 11) is 3.50. The molecule has 26 heavy (non-hydrogen) atoms. The van der Waals surface area contributed by atoms with E-state index in [0.29, 0.717) is 12.5 Å². The summed E-state index contributed by atoms with van der Waals surface area (Å²) < 4.78 is 1.69. The number of carbonyl (C=O) groups excluding carboxylic acids is 1. The van der Waals surface area contributed by atoms with Crippen LogP contribution in [0, 0.1) is 0 Å². The number of guanidine groups is 1. The first kappa shape index (κ1) is 20.1. The van der Waals surface area contributed by atoms with Crippen molar-refractivity contribution < 1.29 is 4.79 Å². The SMILES string of the molecule is CN=C(NCC(=O)N1CCCc2ccccc21)NCc1ncnn1C.I. The fourth-order valence-electron chi connectivity index (χ4n) is 2.91. The number of rotatable bonds is 4. The summed E-state index contributed by atoms with van der Waals surface area (Å²) in [6.45, 7) is 1.42. The van der Waals surface area contributed by atoms with Crippen LogP contribution in [0.15, 0.2) is 35.6 Å². The second-order valence-corrected chi connectivity index (χ2v) is 5.86. The smallest absolute Gasteiger partial charge is 0.246 e. The molecule has 0 aliphatic carbocycles. The molecule has 2 heterocycles. The number of aliphatic imine (C=N–C) groups is 1. The molecule has 0 unspecified atom stereocenters. The van der Waals surface area contributed by atoms with Gasteiger partial charge in [0, 0.05) is 26.3 Å². The molecule has 8 nitrogen and oxygen atoms in total. The topological polar surface area (TPSA) is 87.4 Å². The van der Waals surface area contributed by atoms with Gasteiger partial charge in [-0.25, -0.2) is 4.98 Å². The lowest BCUT2D eigenvalue weighted by atomic mass is 10.0. The highest BCUT2D eigenvalue weighted by Gasteiger charge is 2.21. The molecular formula is C17H24IN7O. The average molecular weight is 469 g/mol. The molecule has 3 rings (SSSR count). The van der Waals surface area contributed by atoms with Crippen LogP contribution in [-0.4, -0.2) is 46.8 Å². The number of nitrogens with one attached hydrogen (secondary N) is 2. The number of nitrogens with zero attached hydrogens (tertiary/aromatic N) is 5. The van der Waals surface area contributed by atoms with Gasteiger partial charge < -0.3 is 15.5 Å². The molecule has 1 aromatic carbocycles. The Kier molecular flexibility index (Phi) is 7.37. The quantitative estimate of drug-likeness (QED) is 0.398. The highest BCUT2D eigenvalue weighted by atomic mass is 127. The average Bonchev–Trinajstić information content (AvgIpc) is 3.06. The number of aryl methyl sites for hydroxylation is 2. The van der Waals surface area contributed by atoms with Gasteiger partial charge in [0.25, 0.3) is 0 Å². The van der Waals surface area contributed by atoms with Gasteiger partial charge in [0.05, 0.1) is 13.1 Å². The number of anilines is 1. The zero-order valence-corrected chi connectivity index (χ0v) is 17.3. The maximum absolute atomic E-state index is 12.6. The Bertz CT molecular complexity index is 774. The van der Waals surface area contributed by atoms with Crippen molar-refractivity contribution in [1.29, 1.82) is 0 Å². The second kappa shape index (κ2) is 9.51. The molecule has 1 amide bonds. The van der Waals surface area contributed by atoms with E-state index in [2.05, 4.69) is 31.8 Å². The van der Waals surface area contributed by atoms with Crippen LogP contribution in [0.5, 0.6) is 0 Å². The Balaban J connectivity index is 0.00000243. The summed E-state index contributed by atoms with van der Waals surface area (Å²) >= 11 is 0. The Morgan fingerprint density at radius 3 is 2.85 bits per heavy atom. The number of amides is 1. The highest BCUT2D eigenvalue weighted by Crippen LogP contribution is 2.26. The van der Waals surface area contributed by atoms with E-state index >= 15 is 0 Å². The third-order valence-electron chi connectivity index (χ3n) is 4.26. The van der Waals surface area contributed by atoms with E-state index < -0.39 is 0 Å². The van der Waals surface area contributed by atoms with Crippen LogP contribution in [-0.2, 0) is 24.8 Å². The molecule has 2 aromatic rings. The minimum atomic E-state index is 0. The molecule has 0 atom stereocenters. The van der Waals surface area contributed by atoms with E-state index in [0.717, 1.165) is 30.9 Å². The summed E-state index contributed by atoms with van der Waals surface area (Å²) in [5.41, 5.74) is 2.24. The largest absolute Gasteiger partial charge is 0.349 e. The summed E-state index contributed by atoms with van der Waals surface area (Å²) in [6, 6.07) is 8.08. The number of halogens is 1. The van der Waals surface area contributed by atoms with Crippen LogP contribution in [0.2, 0.25) is 0 Å². The van der Waals surface area contributed by atoms with Crippen LogP contribution in [0.25, 0.3) is 0 Å². The molecule has 1 aliphatic rings. The Morgan fingerprint density at radius 2 is 2.12 bits per heavy atom. The van der Waals surface area contributed by atoms with Crippen molar-refractivity contribution in [3.63, 3.8) is 0 Å². The van der Waals surface area contributed by atoms with E-state index in [4.69, 9.17) is 0 Å². The molecule has 9 heteroatoms. The van der Waals surface area contributed by atoms with Crippen molar-refractivity contribution in [1.82, 2.24) is 25.4 Å². The molecule has 0 saturated heterocycles. The lowest BCUT2D eigenvalue weighted by molar-refractivity contribution is -0.117. The van der Waals surface area contributed by atoms with E-state index in [1.165, 1.54) is 11.9 Å². The molecule has 2 N–H and O–H groups in total. The number of para-hydroxylation sites is 1. The number of aromatic nitrogens is 3. The molecule has 0 radical (unpaired) electrons. The van der Waals surface area contributed by atoms with Gasteiger partial charge in [0.2, 0.25) is 5.91 Å². The first-order valence-corrected chi connectivity index (χ1v) is 8.34. The number of benzene rings is 1. The predicted octanol–water partition coefficient (Wildman–Crippen LogP) is 1.08. The summed E-state index contributed by atoms with van der Waals surface area (Å²) in [5, 5.41) is 10.2. The Morgan fingerprint density at radius 1 is 1.31 bits per heavy atom. The minimum absolute atomic E-state index is 0. The zero-order valence-electron chi connectivity index (χ0n) is 15.0. The van der Waals surface area contributed by atoms with Gasteiger partial charge in [-0.05, 0) is 24.5 Å². The van der Waals surface area contributed by atoms with Crippen molar-refractivity contribution in [2.75, 3.05) is 25.0 Å². The second-order valence-electron chi connectivity index (χ2n) is 5.86. The van der Waals surface area contributed by atoms with Crippen LogP contribution >= 0.6 is 24.0 Å². The van der Waals surface area contributed by atoms with Crippen molar-refractivity contribution >= 4 is 41.5 Å². The number of fused-ring (bicyclic) bond motifs is 1.